The van der Waals surface area contributed by atoms with E-state index in [0.717, 1.165) is 15.6 Å². The molecule has 4 nitrogen and oxygen atoms in total. The fourth-order valence-electron chi connectivity index (χ4n) is 2.22. The van der Waals surface area contributed by atoms with Crippen molar-refractivity contribution in [3.63, 3.8) is 0 Å². The van der Waals surface area contributed by atoms with E-state index in [4.69, 9.17) is 5.11 Å². The zero-order valence-electron chi connectivity index (χ0n) is 10.5. The fourth-order valence-corrected chi connectivity index (χ4v) is 2.67. The zero-order valence-corrected chi connectivity index (χ0v) is 12.0. The SMILES string of the molecule is O=C(O)c1cccc2c1ncn2Cc1cccc(Br)c1. The number of carboxylic acids is 1. The maximum atomic E-state index is 11.2. The molecule has 0 saturated heterocycles. The van der Waals surface area contributed by atoms with Crippen molar-refractivity contribution in [2.45, 2.75) is 6.54 Å². The molecule has 3 aromatic rings. The molecule has 1 aromatic heterocycles. The number of hydrogen-bond donors (Lipinski definition) is 1. The first-order chi connectivity index (χ1) is 9.65. The highest BCUT2D eigenvalue weighted by Crippen LogP contribution is 2.19. The van der Waals surface area contributed by atoms with Crippen molar-refractivity contribution in [1.82, 2.24) is 9.55 Å². The van der Waals surface area contributed by atoms with Crippen LogP contribution in [0.4, 0.5) is 0 Å². The van der Waals surface area contributed by atoms with Gasteiger partial charge in [-0.05, 0) is 29.8 Å². The Morgan fingerprint density at radius 3 is 2.80 bits per heavy atom. The molecule has 0 atom stereocenters. The lowest BCUT2D eigenvalue weighted by atomic mass is 10.2. The van der Waals surface area contributed by atoms with Gasteiger partial charge in [-0.15, -0.1) is 0 Å². The molecule has 0 fully saturated rings. The number of halogens is 1. The zero-order chi connectivity index (χ0) is 14.1. The summed E-state index contributed by atoms with van der Waals surface area (Å²) >= 11 is 3.44. The lowest BCUT2D eigenvalue weighted by molar-refractivity contribution is 0.0699. The standard InChI is InChI=1S/C15H11BrN2O2/c16-11-4-1-3-10(7-11)8-18-9-17-14-12(15(19)20)5-2-6-13(14)18/h1-7,9H,8H2,(H,19,20). The molecule has 0 saturated carbocycles. The van der Waals surface area contributed by atoms with Gasteiger partial charge in [-0.3, -0.25) is 0 Å². The van der Waals surface area contributed by atoms with E-state index >= 15 is 0 Å². The largest absolute Gasteiger partial charge is 0.478 e. The second kappa shape index (κ2) is 5.09. The summed E-state index contributed by atoms with van der Waals surface area (Å²) in [4.78, 5) is 15.4. The molecular formula is C15H11BrN2O2. The lowest BCUT2D eigenvalue weighted by Crippen LogP contribution is -2.00. The Kier molecular flexibility index (Phi) is 3.28. The van der Waals surface area contributed by atoms with Crippen LogP contribution in [0.1, 0.15) is 15.9 Å². The van der Waals surface area contributed by atoms with E-state index in [1.54, 1.807) is 18.5 Å². The maximum absolute atomic E-state index is 11.2. The monoisotopic (exact) mass is 330 g/mol. The topological polar surface area (TPSA) is 55.1 Å². The third-order valence-electron chi connectivity index (χ3n) is 3.12. The Bertz CT molecular complexity index is 795. The molecule has 0 amide bonds. The Balaban J connectivity index is 2.05. The number of imidazole rings is 1. The van der Waals surface area contributed by atoms with Crippen LogP contribution in [0.25, 0.3) is 11.0 Å². The minimum absolute atomic E-state index is 0.232. The van der Waals surface area contributed by atoms with Crippen molar-refractivity contribution in [2.24, 2.45) is 0 Å². The van der Waals surface area contributed by atoms with Crippen molar-refractivity contribution in [3.8, 4) is 0 Å². The lowest BCUT2D eigenvalue weighted by Gasteiger charge is -2.05. The minimum Gasteiger partial charge on any atom is -0.478 e. The second-order valence-corrected chi connectivity index (χ2v) is 5.40. The highest BCUT2D eigenvalue weighted by atomic mass is 79.9. The number of carboxylic acid groups (broad SMARTS) is 1. The van der Waals surface area contributed by atoms with E-state index < -0.39 is 5.97 Å². The number of aromatic carboxylic acids is 1. The summed E-state index contributed by atoms with van der Waals surface area (Å²) in [5.74, 6) is -0.955. The molecule has 0 aliphatic carbocycles. The van der Waals surface area contributed by atoms with Gasteiger partial charge in [-0.2, -0.15) is 0 Å². The van der Waals surface area contributed by atoms with E-state index in [1.807, 2.05) is 34.9 Å². The molecule has 3 rings (SSSR count). The Hall–Kier alpha value is -2.14. The van der Waals surface area contributed by atoms with E-state index in [9.17, 15) is 4.79 Å². The molecule has 1 heterocycles. The van der Waals surface area contributed by atoms with Crippen LogP contribution in [0.2, 0.25) is 0 Å². The summed E-state index contributed by atoms with van der Waals surface area (Å²) in [5, 5.41) is 9.16. The fraction of sp³-hybridized carbons (Fsp3) is 0.0667. The van der Waals surface area contributed by atoms with Crippen molar-refractivity contribution < 1.29 is 9.90 Å². The van der Waals surface area contributed by atoms with Gasteiger partial charge in [0, 0.05) is 11.0 Å². The molecule has 2 aromatic carbocycles. The molecule has 0 radical (unpaired) electrons. The summed E-state index contributed by atoms with van der Waals surface area (Å²) in [5.41, 5.74) is 2.70. The first-order valence-electron chi connectivity index (χ1n) is 6.07. The van der Waals surface area contributed by atoms with Crippen molar-refractivity contribution in [3.05, 3.63) is 64.4 Å². The summed E-state index contributed by atoms with van der Waals surface area (Å²) in [6.45, 7) is 0.652. The molecule has 0 aliphatic heterocycles. The molecule has 5 heteroatoms. The number of aromatic nitrogens is 2. The number of nitrogens with zero attached hydrogens (tertiary/aromatic N) is 2. The molecule has 20 heavy (non-hydrogen) atoms. The van der Waals surface area contributed by atoms with Gasteiger partial charge >= 0.3 is 5.97 Å². The van der Waals surface area contributed by atoms with E-state index in [2.05, 4.69) is 20.9 Å². The van der Waals surface area contributed by atoms with Crippen LogP contribution in [0.3, 0.4) is 0 Å². The highest BCUT2D eigenvalue weighted by Gasteiger charge is 2.12. The number of hydrogen-bond acceptors (Lipinski definition) is 2. The molecule has 0 unspecified atom stereocenters. The number of carbonyl (C=O) groups is 1. The Labute approximate surface area is 123 Å². The van der Waals surface area contributed by atoms with E-state index in [1.165, 1.54) is 0 Å². The molecular weight excluding hydrogens is 320 g/mol. The number of fused-ring (bicyclic) bond motifs is 1. The van der Waals surface area contributed by atoms with Crippen molar-refractivity contribution in [2.75, 3.05) is 0 Å². The smallest absolute Gasteiger partial charge is 0.337 e. The normalized spacial score (nSPS) is 10.8. The van der Waals surface area contributed by atoms with Crippen LogP contribution in [-0.4, -0.2) is 20.6 Å². The Morgan fingerprint density at radius 1 is 1.25 bits per heavy atom. The summed E-state index contributed by atoms with van der Waals surface area (Å²) in [6, 6.07) is 13.2. The van der Waals surface area contributed by atoms with Gasteiger partial charge in [0.05, 0.1) is 17.4 Å². The Morgan fingerprint density at radius 2 is 2.05 bits per heavy atom. The second-order valence-electron chi connectivity index (χ2n) is 4.48. The summed E-state index contributed by atoms with van der Waals surface area (Å²) < 4.78 is 2.97. The van der Waals surface area contributed by atoms with Crippen molar-refractivity contribution in [1.29, 1.82) is 0 Å². The summed E-state index contributed by atoms with van der Waals surface area (Å²) in [7, 11) is 0. The van der Waals surface area contributed by atoms with Gasteiger partial charge in [0.2, 0.25) is 0 Å². The molecule has 0 spiro atoms. The van der Waals surface area contributed by atoms with Gasteiger partial charge in [0.15, 0.2) is 0 Å². The average molecular weight is 331 g/mol. The summed E-state index contributed by atoms with van der Waals surface area (Å²) in [6.07, 6.45) is 1.68. The third-order valence-corrected chi connectivity index (χ3v) is 3.62. The first-order valence-corrected chi connectivity index (χ1v) is 6.86. The molecule has 100 valence electrons. The van der Waals surface area contributed by atoms with Gasteiger partial charge in [-0.25, -0.2) is 9.78 Å². The van der Waals surface area contributed by atoms with Crippen LogP contribution in [-0.2, 0) is 6.54 Å². The van der Waals surface area contributed by atoms with E-state index in [-0.39, 0.29) is 5.56 Å². The predicted octanol–water partition coefficient (Wildman–Crippen LogP) is 3.55. The molecule has 0 aliphatic rings. The van der Waals surface area contributed by atoms with Crippen LogP contribution in [0.15, 0.2) is 53.3 Å². The van der Waals surface area contributed by atoms with Gasteiger partial charge in [0.1, 0.15) is 5.52 Å². The number of para-hydroxylation sites is 1. The van der Waals surface area contributed by atoms with Crippen molar-refractivity contribution >= 4 is 32.9 Å². The van der Waals surface area contributed by atoms with Gasteiger partial charge in [0.25, 0.3) is 0 Å². The van der Waals surface area contributed by atoms with E-state index in [0.29, 0.717) is 12.1 Å². The molecule has 1 N–H and O–H groups in total. The maximum Gasteiger partial charge on any atom is 0.337 e. The predicted molar refractivity (Wildman–Crippen MR) is 79.9 cm³/mol. The first kappa shape index (κ1) is 12.9. The van der Waals surface area contributed by atoms with Crippen LogP contribution < -0.4 is 0 Å². The van der Waals surface area contributed by atoms with Crippen LogP contribution in [0.5, 0.6) is 0 Å². The third kappa shape index (κ3) is 2.32. The highest BCUT2D eigenvalue weighted by molar-refractivity contribution is 9.10. The minimum atomic E-state index is -0.955. The number of benzene rings is 2. The van der Waals surface area contributed by atoms with Gasteiger partial charge < -0.3 is 9.67 Å². The van der Waals surface area contributed by atoms with Crippen LogP contribution in [0, 0.1) is 0 Å². The number of rotatable bonds is 3. The van der Waals surface area contributed by atoms with Gasteiger partial charge in [-0.1, -0.05) is 34.1 Å². The van der Waals surface area contributed by atoms with Crippen LogP contribution >= 0.6 is 15.9 Å². The quantitative estimate of drug-likeness (QED) is 0.799. The average Bonchev–Trinajstić information content (AvgIpc) is 2.82. The molecule has 0 bridgehead atoms.